The Morgan fingerprint density at radius 3 is 1.63 bits per heavy atom. The highest BCUT2D eigenvalue weighted by atomic mass is 16.6. The first-order valence-corrected chi connectivity index (χ1v) is 12.2. The molecule has 0 bridgehead atoms. The second-order valence-corrected chi connectivity index (χ2v) is 8.65. The monoisotopic (exact) mass is 384 g/mol. The Morgan fingerprint density at radius 1 is 0.741 bits per heavy atom. The van der Waals surface area contributed by atoms with Crippen molar-refractivity contribution in [1.82, 2.24) is 0 Å². The van der Waals surface area contributed by atoms with Crippen molar-refractivity contribution in [2.45, 2.75) is 128 Å². The van der Waals surface area contributed by atoms with Crippen molar-refractivity contribution in [1.29, 1.82) is 0 Å². The molecule has 162 valence electrons. The van der Waals surface area contributed by atoms with E-state index in [0.29, 0.717) is 6.61 Å². The molecule has 3 nitrogen and oxygen atoms in total. The Morgan fingerprint density at radius 2 is 1.22 bits per heavy atom. The topological polar surface area (TPSA) is 38.7 Å². The third kappa shape index (κ3) is 13.7. The van der Waals surface area contributed by atoms with Crippen molar-refractivity contribution >= 4 is 0 Å². The van der Waals surface area contributed by atoms with Gasteiger partial charge in [-0.15, -0.1) is 0 Å². The number of hydrogen-bond acceptors (Lipinski definition) is 3. The molecule has 1 saturated heterocycles. The molecule has 1 aliphatic rings. The lowest BCUT2D eigenvalue weighted by atomic mass is 10.0. The molecule has 1 atom stereocenters. The van der Waals surface area contributed by atoms with E-state index in [-0.39, 0.29) is 6.61 Å². The molecule has 0 spiro atoms. The molecule has 0 radical (unpaired) electrons. The van der Waals surface area contributed by atoms with Gasteiger partial charge in [-0.25, -0.2) is 0 Å². The van der Waals surface area contributed by atoms with Crippen LogP contribution in [-0.4, -0.2) is 37.1 Å². The molecule has 1 aliphatic heterocycles. The van der Waals surface area contributed by atoms with Gasteiger partial charge in [0, 0.05) is 13.2 Å². The van der Waals surface area contributed by atoms with Gasteiger partial charge in [0.05, 0.1) is 13.2 Å². The molecule has 27 heavy (non-hydrogen) atoms. The fraction of sp³-hybridized carbons (Fsp3) is 1.00. The molecule has 0 aliphatic carbocycles. The molecule has 0 saturated carbocycles. The maximum atomic E-state index is 9.46. The van der Waals surface area contributed by atoms with Crippen LogP contribution in [0, 0.1) is 0 Å². The van der Waals surface area contributed by atoms with Crippen molar-refractivity contribution in [3.05, 3.63) is 0 Å². The van der Waals surface area contributed by atoms with Crippen molar-refractivity contribution in [3.8, 4) is 0 Å². The lowest BCUT2D eigenvalue weighted by molar-refractivity contribution is -0.0915. The van der Waals surface area contributed by atoms with Crippen LogP contribution in [0.15, 0.2) is 0 Å². The molecular formula is C24H48O3. The largest absolute Gasteiger partial charge is 0.393 e. The number of aliphatic hydroxyl groups is 1. The second kappa shape index (κ2) is 17.9. The van der Waals surface area contributed by atoms with Crippen LogP contribution in [0.5, 0.6) is 0 Å². The van der Waals surface area contributed by atoms with Crippen molar-refractivity contribution in [2.75, 3.05) is 26.4 Å². The van der Waals surface area contributed by atoms with Crippen LogP contribution in [0.25, 0.3) is 0 Å². The smallest absolute Gasteiger partial charge is 0.114 e. The number of ether oxygens (including phenoxy) is 2. The lowest BCUT2D eigenvalue weighted by Crippen LogP contribution is -2.38. The first kappa shape index (κ1) is 24.9. The van der Waals surface area contributed by atoms with Crippen LogP contribution >= 0.6 is 0 Å². The molecule has 1 unspecified atom stereocenters. The summed E-state index contributed by atoms with van der Waals surface area (Å²) in [6.45, 7) is 4.51. The van der Waals surface area contributed by atoms with Gasteiger partial charge in [-0.1, -0.05) is 103 Å². The van der Waals surface area contributed by atoms with Crippen LogP contribution in [0.1, 0.15) is 122 Å². The zero-order valence-corrected chi connectivity index (χ0v) is 18.3. The highest BCUT2D eigenvalue weighted by Gasteiger charge is 2.34. The van der Waals surface area contributed by atoms with Crippen LogP contribution in [0.4, 0.5) is 0 Å². The summed E-state index contributed by atoms with van der Waals surface area (Å²) >= 11 is 0. The van der Waals surface area contributed by atoms with E-state index in [4.69, 9.17) is 9.47 Å². The Kier molecular flexibility index (Phi) is 16.6. The fourth-order valence-electron chi connectivity index (χ4n) is 4.05. The highest BCUT2D eigenvalue weighted by Crippen LogP contribution is 2.25. The average molecular weight is 385 g/mol. The van der Waals surface area contributed by atoms with Crippen molar-refractivity contribution in [3.63, 3.8) is 0 Å². The third-order valence-electron chi connectivity index (χ3n) is 5.98. The summed E-state index contributed by atoms with van der Waals surface area (Å²) in [6.07, 6.45) is 24.3. The second-order valence-electron chi connectivity index (χ2n) is 8.65. The summed E-state index contributed by atoms with van der Waals surface area (Å²) < 4.78 is 11.4. The van der Waals surface area contributed by atoms with Gasteiger partial charge in [-0.2, -0.15) is 0 Å². The SMILES string of the molecule is CCCCCCCCCCCCCCCCCCOCC1(CO)CCCO1. The normalized spacial score (nSPS) is 19.8. The maximum absolute atomic E-state index is 9.46. The van der Waals surface area contributed by atoms with E-state index in [1.54, 1.807) is 0 Å². The van der Waals surface area contributed by atoms with E-state index in [9.17, 15) is 5.11 Å². The van der Waals surface area contributed by atoms with E-state index in [0.717, 1.165) is 32.5 Å². The van der Waals surface area contributed by atoms with Gasteiger partial charge in [-0.3, -0.25) is 0 Å². The summed E-state index contributed by atoms with van der Waals surface area (Å²) in [5, 5.41) is 9.46. The number of aliphatic hydroxyl groups excluding tert-OH is 1. The lowest BCUT2D eigenvalue weighted by Gasteiger charge is -2.25. The Hall–Kier alpha value is -0.120. The predicted molar refractivity (Wildman–Crippen MR) is 115 cm³/mol. The van der Waals surface area contributed by atoms with Gasteiger partial charge in [0.25, 0.3) is 0 Å². The van der Waals surface area contributed by atoms with E-state index >= 15 is 0 Å². The van der Waals surface area contributed by atoms with Gasteiger partial charge in [-0.05, 0) is 19.3 Å². The minimum atomic E-state index is -0.394. The van der Waals surface area contributed by atoms with Gasteiger partial charge in [0.2, 0.25) is 0 Å². The highest BCUT2D eigenvalue weighted by molar-refractivity contribution is 4.84. The van der Waals surface area contributed by atoms with Crippen LogP contribution in [-0.2, 0) is 9.47 Å². The average Bonchev–Trinajstić information content (AvgIpc) is 3.16. The van der Waals surface area contributed by atoms with Crippen LogP contribution in [0.2, 0.25) is 0 Å². The van der Waals surface area contributed by atoms with Crippen LogP contribution < -0.4 is 0 Å². The maximum Gasteiger partial charge on any atom is 0.114 e. The summed E-state index contributed by atoms with van der Waals surface area (Å²) in [6, 6.07) is 0. The molecule has 0 aromatic heterocycles. The Balaban J connectivity index is 1.71. The summed E-state index contributed by atoms with van der Waals surface area (Å²) in [4.78, 5) is 0. The zero-order chi connectivity index (χ0) is 19.5. The van der Waals surface area contributed by atoms with E-state index in [2.05, 4.69) is 6.92 Å². The Labute approximate surface area is 169 Å². The summed E-state index contributed by atoms with van der Waals surface area (Å²) in [5.41, 5.74) is -0.394. The molecule has 0 aromatic rings. The number of hydrogen-bond donors (Lipinski definition) is 1. The fourth-order valence-corrected chi connectivity index (χ4v) is 4.05. The van der Waals surface area contributed by atoms with Crippen molar-refractivity contribution in [2.24, 2.45) is 0 Å². The molecule has 1 rings (SSSR count). The van der Waals surface area contributed by atoms with Gasteiger partial charge >= 0.3 is 0 Å². The first-order valence-electron chi connectivity index (χ1n) is 12.2. The van der Waals surface area contributed by atoms with Gasteiger partial charge < -0.3 is 14.6 Å². The molecule has 3 heteroatoms. The molecule has 1 heterocycles. The minimum absolute atomic E-state index is 0.0892. The van der Waals surface area contributed by atoms with E-state index < -0.39 is 5.60 Å². The molecule has 1 N–H and O–H groups in total. The molecule has 0 amide bonds. The van der Waals surface area contributed by atoms with Crippen LogP contribution in [0.3, 0.4) is 0 Å². The van der Waals surface area contributed by atoms with Gasteiger partial charge in [0.15, 0.2) is 0 Å². The number of rotatable bonds is 20. The molecular weight excluding hydrogens is 336 g/mol. The zero-order valence-electron chi connectivity index (χ0n) is 18.3. The standard InChI is InChI=1S/C24H48O3/c1-2-3-4-5-6-7-8-9-10-11-12-13-14-15-16-17-20-26-23-24(22-25)19-18-21-27-24/h25H,2-23H2,1H3. The third-order valence-corrected chi connectivity index (χ3v) is 5.98. The summed E-state index contributed by atoms with van der Waals surface area (Å²) in [7, 11) is 0. The predicted octanol–water partition coefficient (Wildman–Crippen LogP) is 6.81. The van der Waals surface area contributed by atoms with Crippen molar-refractivity contribution < 1.29 is 14.6 Å². The molecule has 1 fully saturated rings. The van der Waals surface area contributed by atoms with E-state index in [1.165, 1.54) is 96.3 Å². The first-order chi connectivity index (χ1) is 13.3. The van der Waals surface area contributed by atoms with Gasteiger partial charge in [0.1, 0.15) is 5.60 Å². The summed E-state index contributed by atoms with van der Waals surface area (Å²) in [5.74, 6) is 0. The Bertz CT molecular complexity index is 300. The molecule has 0 aromatic carbocycles. The minimum Gasteiger partial charge on any atom is -0.393 e. The quantitative estimate of drug-likeness (QED) is 0.234. The number of unbranched alkanes of at least 4 members (excludes halogenated alkanes) is 15. The van der Waals surface area contributed by atoms with E-state index in [1.807, 2.05) is 0 Å².